The average Bonchev–Trinajstić information content (AvgIpc) is 3.31. The molecular weight excluding hydrogens is 443 g/mol. The number of benzene rings is 2. The second-order valence-corrected chi connectivity index (χ2v) is 7.03. The molecule has 0 aliphatic rings. The van der Waals surface area contributed by atoms with Gasteiger partial charge in [-0.05, 0) is 59.0 Å². The maximum Gasteiger partial charge on any atom is 0.255 e. The van der Waals surface area contributed by atoms with Gasteiger partial charge in [-0.3, -0.25) is 9.78 Å². The number of ether oxygens (including phenoxy) is 3. The fraction of sp³-hybridized carbons (Fsp3) is 0.174. The van der Waals surface area contributed by atoms with Gasteiger partial charge in [0.2, 0.25) is 0 Å². The van der Waals surface area contributed by atoms with Gasteiger partial charge in [0.25, 0.3) is 5.91 Å². The van der Waals surface area contributed by atoms with Crippen molar-refractivity contribution in [2.75, 3.05) is 25.6 Å². The summed E-state index contributed by atoms with van der Waals surface area (Å²) in [6.45, 7) is 0.918. The molecule has 4 rings (SSSR count). The number of tetrazole rings is 1. The van der Waals surface area contributed by atoms with Crippen molar-refractivity contribution >= 4 is 11.6 Å². The third kappa shape index (κ3) is 5.97. The highest BCUT2D eigenvalue weighted by Crippen LogP contribution is 2.30. The summed E-state index contributed by atoms with van der Waals surface area (Å²) in [6.07, 6.45) is 3.20. The number of anilines is 1. The van der Waals surface area contributed by atoms with Crippen LogP contribution in [0.4, 0.5) is 10.1 Å². The number of carbonyl (C=O) groups excluding carboxylic acids is 1. The van der Waals surface area contributed by atoms with Gasteiger partial charge in [-0.1, -0.05) is 0 Å². The van der Waals surface area contributed by atoms with E-state index in [4.69, 9.17) is 14.2 Å². The van der Waals surface area contributed by atoms with Crippen LogP contribution >= 0.6 is 0 Å². The highest BCUT2D eigenvalue weighted by molar-refractivity contribution is 6.04. The first-order valence-corrected chi connectivity index (χ1v) is 10.3. The van der Waals surface area contributed by atoms with Gasteiger partial charge < -0.3 is 19.5 Å². The maximum absolute atomic E-state index is 13.2. The largest absolute Gasteiger partial charge is 0.456 e. The van der Waals surface area contributed by atoms with E-state index in [0.29, 0.717) is 47.4 Å². The topological polar surface area (TPSA) is 113 Å². The third-order valence-electron chi connectivity index (χ3n) is 4.58. The smallest absolute Gasteiger partial charge is 0.255 e. The Morgan fingerprint density at radius 2 is 1.94 bits per heavy atom. The first kappa shape index (κ1) is 23.0. The number of halogens is 1. The molecule has 0 radical (unpaired) electrons. The molecule has 0 spiro atoms. The van der Waals surface area contributed by atoms with Crippen molar-refractivity contribution in [1.82, 2.24) is 25.2 Å². The predicted octanol–water partition coefficient (Wildman–Crippen LogP) is 3.54. The van der Waals surface area contributed by atoms with Gasteiger partial charge in [0.15, 0.2) is 5.82 Å². The molecule has 4 aromatic rings. The molecule has 2 aromatic heterocycles. The Hall–Kier alpha value is -4.22. The minimum atomic E-state index is -0.426. The fourth-order valence-electron chi connectivity index (χ4n) is 3.00. The van der Waals surface area contributed by atoms with Crippen LogP contribution in [0.15, 0.2) is 67.0 Å². The molecule has 10 nitrogen and oxygen atoms in total. The number of nitrogens with one attached hydrogen (secondary N) is 1. The molecular formula is C23H21FN6O4. The van der Waals surface area contributed by atoms with Crippen LogP contribution < -0.4 is 10.1 Å². The summed E-state index contributed by atoms with van der Waals surface area (Å²) in [5, 5.41) is 14.6. The Kier molecular flexibility index (Phi) is 7.48. The number of hydrogen-bond acceptors (Lipinski definition) is 8. The van der Waals surface area contributed by atoms with E-state index in [1.807, 2.05) is 0 Å². The van der Waals surface area contributed by atoms with Gasteiger partial charge in [0, 0.05) is 36.2 Å². The Bertz CT molecular complexity index is 1230. The number of amides is 1. The van der Waals surface area contributed by atoms with Crippen molar-refractivity contribution in [1.29, 1.82) is 0 Å². The zero-order valence-electron chi connectivity index (χ0n) is 18.2. The molecule has 0 bridgehead atoms. The van der Waals surface area contributed by atoms with Crippen molar-refractivity contribution in [3.05, 3.63) is 78.4 Å². The zero-order valence-corrected chi connectivity index (χ0v) is 18.2. The normalized spacial score (nSPS) is 10.8. The van der Waals surface area contributed by atoms with Gasteiger partial charge >= 0.3 is 0 Å². The molecule has 34 heavy (non-hydrogen) atoms. The summed E-state index contributed by atoms with van der Waals surface area (Å²) in [5.41, 5.74) is 1.31. The number of hydrogen-bond donors (Lipinski definition) is 1. The lowest BCUT2D eigenvalue weighted by atomic mass is 10.1. The number of rotatable bonds is 10. The molecule has 0 atom stereocenters. The van der Waals surface area contributed by atoms with E-state index in [-0.39, 0.29) is 6.73 Å². The molecule has 174 valence electrons. The monoisotopic (exact) mass is 464 g/mol. The van der Waals surface area contributed by atoms with Crippen LogP contribution in [0.1, 0.15) is 10.4 Å². The molecule has 1 N–H and O–H groups in total. The van der Waals surface area contributed by atoms with E-state index in [0.717, 1.165) is 0 Å². The Balaban J connectivity index is 1.63. The van der Waals surface area contributed by atoms with Crippen LogP contribution in [0.25, 0.3) is 11.4 Å². The summed E-state index contributed by atoms with van der Waals surface area (Å²) in [5.74, 6) is 0.510. The van der Waals surface area contributed by atoms with Crippen molar-refractivity contribution in [2.24, 2.45) is 0 Å². The van der Waals surface area contributed by atoms with Crippen LogP contribution in [0, 0.1) is 5.82 Å². The molecule has 1 amide bonds. The van der Waals surface area contributed by atoms with Gasteiger partial charge in [-0.15, -0.1) is 5.10 Å². The summed E-state index contributed by atoms with van der Waals surface area (Å²) in [4.78, 5) is 16.7. The quantitative estimate of drug-likeness (QED) is 0.355. The number of nitrogens with zero attached hydrogens (tertiary/aromatic N) is 5. The Morgan fingerprint density at radius 3 is 2.71 bits per heavy atom. The molecule has 0 saturated carbocycles. The van der Waals surface area contributed by atoms with E-state index in [1.54, 1.807) is 49.8 Å². The third-order valence-corrected chi connectivity index (χ3v) is 4.58. The SMILES string of the molecule is COCCOCn1nnnc1-c1cc(NC(=O)c2ccc(F)cc2)cc(Oc2cccnc2)c1. The van der Waals surface area contributed by atoms with Crippen LogP contribution in [0.2, 0.25) is 0 Å². The van der Waals surface area contributed by atoms with Gasteiger partial charge in [-0.25, -0.2) is 4.39 Å². The summed E-state index contributed by atoms with van der Waals surface area (Å²) < 4.78 is 31.1. The minimum absolute atomic E-state index is 0.108. The first-order valence-electron chi connectivity index (χ1n) is 10.3. The first-order chi connectivity index (χ1) is 16.6. The van der Waals surface area contributed by atoms with E-state index >= 15 is 0 Å². The van der Waals surface area contributed by atoms with Crippen molar-refractivity contribution in [2.45, 2.75) is 6.73 Å². The van der Waals surface area contributed by atoms with Crippen molar-refractivity contribution < 1.29 is 23.4 Å². The van der Waals surface area contributed by atoms with E-state index in [1.165, 1.54) is 28.9 Å². The lowest BCUT2D eigenvalue weighted by molar-refractivity contribution is 0.0288. The molecule has 0 aliphatic heterocycles. The maximum atomic E-state index is 13.2. The Labute approximate surface area is 194 Å². The molecule has 0 fully saturated rings. The molecule has 0 aliphatic carbocycles. The highest BCUT2D eigenvalue weighted by atomic mass is 19.1. The lowest BCUT2D eigenvalue weighted by Gasteiger charge is -2.12. The van der Waals surface area contributed by atoms with E-state index in [9.17, 15) is 9.18 Å². The second kappa shape index (κ2) is 11.1. The Morgan fingerprint density at radius 1 is 1.09 bits per heavy atom. The minimum Gasteiger partial charge on any atom is -0.456 e. The summed E-state index contributed by atoms with van der Waals surface area (Å²) in [6, 6.07) is 13.8. The molecule has 2 aromatic carbocycles. The molecule has 0 saturated heterocycles. The highest BCUT2D eigenvalue weighted by Gasteiger charge is 2.15. The van der Waals surface area contributed by atoms with Gasteiger partial charge in [0.1, 0.15) is 24.0 Å². The predicted molar refractivity (Wildman–Crippen MR) is 120 cm³/mol. The van der Waals surface area contributed by atoms with Crippen LogP contribution in [0.3, 0.4) is 0 Å². The average molecular weight is 464 g/mol. The van der Waals surface area contributed by atoms with Crippen LogP contribution in [0.5, 0.6) is 11.5 Å². The summed E-state index contributed by atoms with van der Waals surface area (Å²) in [7, 11) is 1.58. The number of aromatic nitrogens is 5. The van der Waals surface area contributed by atoms with Gasteiger partial charge in [0.05, 0.1) is 19.4 Å². The summed E-state index contributed by atoms with van der Waals surface area (Å²) >= 11 is 0. The lowest BCUT2D eigenvalue weighted by Crippen LogP contribution is -2.12. The molecule has 11 heteroatoms. The zero-order chi connectivity index (χ0) is 23.8. The van der Waals surface area contributed by atoms with Crippen LogP contribution in [-0.4, -0.2) is 51.4 Å². The van der Waals surface area contributed by atoms with Crippen molar-refractivity contribution in [3.63, 3.8) is 0 Å². The van der Waals surface area contributed by atoms with E-state index < -0.39 is 11.7 Å². The fourth-order valence-corrected chi connectivity index (χ4v) is 3.00. The molecule has 0 unspecified atom stereocenters. The standard InChI is InChI=1S/C23H21FN6O4/c1-32-9-10-33-15-30-22(27-28-29-30)17-11-19(26-23(31)16-4-6-18(24)7-5-16)13-21(12-17)34-20-3-2-8-25-14-20/h2-8,11-14H,9-10,15H2,1H3,(H,26,31). The van der Waals surface area contributed by atoms with Gasteiger partial charge in [-0.2, -0.15) is 4.68 Å². The number of methoxy groups -OCH3 is 1. The number of pyridine rings is 1. The van der Waals surface area contributed by atoms with Crippen molar-refractivity contribution in [3.8, 4) is 22.9 Å². The van der Waals surface area contributed by atoms with Crippen LogP contribution in [-0.2, 0) is 16.2 Å². The van der Waals surface area contributed by atoms with E-state index in [2.05, 4.69) is 25.8 Å². The molecule has 2 heterocycles. The number of carbonyl (C=O) groups is 1. The second-order valence-electron chi connectivity index (χ2n) is 7.03.